The average molecular weight is 390 g/mol. The lowest BCUT2D eigenvalue weighted by Gasteiger charge is -2.18. The molecule has 0 spiro atoms. The Labute approximate surface area is 164 Å². The Morgan fingerprint density at radius 1 is 1.00 bits per heavy atom. The maximum absolute atomic E-state index is 12.7. The molecule has 1 N–H and O–H groups in total. The van der Waals surface area contributed by atoms with Gasteiger partial charge in [-0.05, 0) is 69.5 Å². The fraction of sp³-hybridized carbons (Fsp3) is 0.391. The molecule has 0 aromatic heterocycles. The third-order valence-electron chi connectivity index (χ3n) is 4.18. The topological polar surface area (TPSA) is 29.5 Å². The molecule has 0 aliphatic rings. The highest BCUT2D eigenvalue weighted by Gasteiger charge is 2.31. The molecule has 2 nitrogen and oxygen atoms in total. The van der Waals surface area contributed by atoms with Crippen LogP contribution in [0.15, 0.2) is 48.5 Å². The zero-order valence-electron chi connectivity index (χ0n) is 16.5. The van der Waals surface area contributed by atoms with Gasteiger partial charge in [0.05, 0.1) is 17.8 Å². The first kappa shape index (κ1) is 22.0. The number of alkyl halides is 3. The van der Waals surface area contributed by atoms with Gasteiger partial charge in [-0.3, -0.25) is 0 Å². The normalized spacial score (nSPS) is 14.9. The van der Waals surface area contributed by atoms with Crippen molar-refractivity contribution in [3.63, 3.8) is 0 Å². The lowest BCUT2D eigenvalue weighted by Crippen LogP contribution is -2.19. The molecule has 2 atom stereocenters. The van der Waals surface area contributed by atoms with Crippen molar-refractivity contribution >= 4 is 0 Å². The monoisotopic (exact) mass is 390 g/mol. The summed E-state index contributed by atoms with van der Waals surface area (Å²) in [6.07, 6.45) is -3.45. The molecule has 2 aromatic carbocycles. The van der Waals surface area contributed by atoms with Crippen molar-refractivity contribution in [2.75, 3.05) is 0 Å². The maximum Gasteiger partial charge on any atom is 0.416 e. The third-order valence-corrected chi connectivity index (χ3v) is 4.18. The predicted molar refractivity (Wildman–Crippen MR) is 104 cm³/mol. The average Bonchev–Trinajstić information content (AvgIpc) is 2.59. The molecule has 0 aliphatic carbocycles. The van der Waals surface area contributed by atoms with Crippen LogP contribution < -0.4 is 0 Å². The van der Waals surface area contributed by atoms with E-state index in [-0.39, 0.29) is 12.2 Å². The van der Waals surface area contributed by atoms with E-state index in [9.17, 15) is 18.3 Å². The Kier molecular flexibility index (Phi) is 6.92. The molecule has 0 bridgehead atoms. The Morgan fingerprint density at radius 2 is 1.61 bits per heavy atom. The summed E-state index contributed by atoms with van der Waals surface area (Å²) < 4.78 is 43.8. The number of benzene rings is 2. The van der Waals surface area contributed by atoms with E-state index in [4.69, 9.17) is 4.74 Å². The summed E-state index contributed by atoms with van der Waals surface area (Å²) >= 11 is 0. The van der Waals surface area contributed by atoms with Gasteiger partial charge in [-0.2, -0.15) is 13.2 Å². The maximum atomic E-state index is 12.7. The Morgan fingerprint density at radius 3 is 2.18 bits per heavy atom. The van der Waals surface area contributed by atoms with Crippen molar-refractivity contribution in [1.82, 2.24) is 0 Å². The van der Waals surface area contributed by atoms with E-state index in [1.54, 1.807) is 0 Å². The standard InChI is InChI=1S/C23H25F3O2/c1-16(2)28-17(3)14-19-7-5-6-18(15-19)12-13-22(4,27)20-8-10-21(11-9-20)23(24,25)26/h5-11,15-17,27H,14H2,1-4H3. The van der Waals surface area contributed by atoms with Crippen molar-refractivity contribution in [3.05, 3.63) is 70.8 Å². The van der Waals surface area contributed by atoms with Crippen LogP contribution in [0.25, 0.3) is 0 Å². The van der Waals surface area contributed by atoms with E-state index in [1.165, 1.54) is 19.1 Å². The van der Waals surface area contributed by atoms with Gasteiger partial charge >= 0.3 is 6.18 Å². The van der Waals surface area contributed by atoms with Gasteiger partial charge in [0.25, 0.3) is 0 Å². The number of halogens is 3. The fourth-order valence-corrected chi connectivity index (χ4v) is 2.87. The second-order valence-electron chi connectivity index (χ2n) is 7.30. The van der Waals surface area contributed by atoms with Crippen LogP contribution in [0.4, 0.5) is 13.2 Å². The molecular formula is C23H25F3O2. The van der Waals surface area contributed by atoms with Crippen LogP contribution in [-0.4, -0.2) is 17.3 Å². The van der Waals surface area contributed by atoms with Crippen LogP contribution >= 0.6 is 0 Å². The Bertz CT molecular complexity index is 841. The molecule has 0 heterocycles. The molecule has 150 valence electrons. The lowest BCUT2D eigenvalue weighted by molar-refractivity contribution is -0.137. The summed E-state index contributed by atoms with van der Waals surface area (Å²) in [6, 6.07) is 12.0. The smallest absolute Gasteiger partial charge is 0.376 e. The minimum atomic E-state index is -4.41. The van der Waals surface area contributed by atoms with Gasteiger partial charge in [0.2, 0.25) is 0 Å². The molecule has 0 aliphatic heterocycles. The second kappa shape index (κ2) is 8.81. The predicted octanol–water partition coefficient (Wildman–Crippen LogP) is 5.32. The molecule has 28 heavy (non-hydrogen) atoms. The van der Waals surface area contributed by atoms with Crippen LogP contribution in [-0.2, 0) is 22.9 Å². The molecule has 0 radical (unpaired) electrons. The Hall–Kier alpha value is -2.29. The number of aliphatic hydroxyl groups is 1. The van der Waals surface area contributed by atoms with E-state index in [2.05, 4.69) is 11.8 Å². The zero-order chi connectivity index (χ0) is 20.9. The summed E-state index contributed by atoms with van der Waals surface area (Å²) in [5.74, 6) is 5.68. The first-order valence-corrected chi connectivity index (χ1v) is 9.15. The van der Waals surface area contributed by atoms with Gasteiger partial charge < -0.3 is 9.84 Å². The SMILES string of the molecule is CC(C)OC(C)Cc1cccc(C#CC(C)(O)c2ccc(C(F)(F)F)cc2)c1. The van der Waals surface area contributed by atoms with Crippen LogP contribution in [0.5, 0.6) is 0 Å². The molecular weight excluding hydrogens is 365 g/mol. The molecule has 0 saturated carbocycles. The van der Waals surface area contributed by atoms with Crippen LogP contribution in [0, 0.1) is 11.8 Å². The number of rotatable bonds is 5. The zero-order valence-corrected chi connectivity index (χ0v) is 16.5. The molecule has 0 saturated heterocycles. The Balaban J connectivity index is 2.16. The number of hydrogen-bond donors (Lipinski definition) is 1. The van der Waals surface area contributed by atoms with E-state index >= 15 is 0 Å². The van der Waals surface area contributed by atoms with Crippen molar-refractivity contribution in [2.45, 2.75) is 58.1 Å². The van der Waals surface area contributed by atoms with Crippen molar-refractivity contribution in [1.29, 1.82) is 0 Å². The quantitative estimate of drug-likeness (QED) is 0.700. The van der Waals surface area contributed by atoms with Crippen molar-refractivity contribution in [2.24, 2.45) is 0 Å². The molecule has 2 rings (SSSR count). The summed E-state index contributed by atoms with van der Waals surface area (Å²) in [6.45, 7) is 7.45. The number of ether oxygens (including phenoxy) is 1. The first-order valence-electron chi connectivity index (χ1n) is 9.15. The highest BCUT2D eigenvalue weighted by atomic mass is 19.4. The van der Waals surface area contributed by atoms with E-state index < -0.39 is 17.3 Å². The van der Waals surface area contributed by atoms with Gasteiger partial charge in [-0.1, -0.05) is 36.1 Å². The van der Waals surface area contributed by atoms with Gasteiger partial charge in [-0.25, -0.2) is 0 Å². The van der Waals surface area contributed by atoms with Crippen LogP contribution in [0.2, 0.25) is 0 Å². The summed E-state index contributed by atoms with van der Waals surface area (Å²) in [4.78, 5) is 0. The van der Waals surface area contributed by atoms with E-state index in [0.717, 1.165) is 29.7 Å². The minimum Gasteiger partial charge on any atom is -0.376 e. The second-order valence-corrected chi connectivity index (χ2v) is 7.30. The largest absolute Gasteiger partial charge is 0.416 e. The van der Waals surface area contributed by atoms with Crippen LogP contribution in [0.3, 0.4) is 0 Å². The molecule has 0 amide bonds. The number of hydrogen-bond acceptors (Lipinski definition) is 2. The third kappa shape index (κ3) is 6.40. The van der Waals surface area contributed by atoms with Gasteiger partial charge in [0.1, 0.15) is 5.60 Å². The van der Waals surface area contributed by atoms with Gasteiger partial charge in [0, 0.05) is 5.56 Å². The highest BCUT2D eigenvalue weighted by Crippen LogP contribution is 2.30. The fourth-order valence-electron chi connectivity index (χ4n) is 2.87. The van der Waals surface area contributed by atoms with Crippen molar-refractivity contribution in [3.8, 4) is 11.8 Å². The molecule has 0 fully saturated rings. The summed E-state index contributed by atoms with van der Waals surface area (Å²) in [5.41, 5.74) is -0.224. The van der Waals surface area contributed by atoms with Gasteiger partial charge in [0.15, 0.2) is 0 Å². The molecule has 2 aromatic rings. The highest BCUT2D eigenvalue weighted by molar-refractivity contribution is 5.42. The lowest BCUT2D eigenvalue weighted by atomic mass is 9.95. The minimum absolute atomic E-state index is 0.0680. The van der Waals surface area contributed by atoms with Gasteiger partial charge in [-0.15, -0.1) is 0 Å². The van der Waals surface area contributed by atoms with E-state index in [1.807, 2.05) is 45.0 Å². The molecule has 2 unspecified atom stereocenters. The summed E-state index contributed by atoms with van der Waals surface area (Å²) in [7, 11) is 0. The van der Waals surface area contributed by atoms with E-state index in [0.29, 0.717) is 5.56 Å². The first-order chi connectivity index (χ1) is 13.0. The summed E-state index contributed by atoms with van der Waals surface area (Å²) in [5, 5.41) is 10.6. The van der Waals surface area contributed by atoms with Crippen molar-refractivity contribution < 1.29 is 23.0 Å². The van der Waals surface area contributed by atoms with Crippen LogP contribution in [0.1, 0.15) is 49.9 Å². The molecule has 5 heteroatoms.